The van der Waals surface area contributed by atoms with E-state index < -0.39 is 5.91 Å². The van der Waals surface area contributed by atoms with Gasteiger partial charge in [-0.3, -0.25) is 9.59 Å². The lowest BCUT2D eigenvalue weighted by atomic mass is 10.2. The maximum Gasteiger partial charge on any atom is 0.276 e. The van der Waals surface area contributed by atoms with Crippen LogP contribution in [0.3, 0.4) is 0 Å². The molecule has 0 bridgehead atoms. The number of amides is 2. The average Bonchev–Trinajstić information content (AvgIpc) is 3.14. The largest absolute Gasteiger partial charge is 0.497 e. The average molecular weight is 403 g/mol. The Kier molecular flexibility index (Phi) is 6.13. The van der Waals surface area contributed by atoms with Crippen molar-refractivity contribution in [3.63, 3.8) is 0 Å². The summed E-state index contributed by atoms with van der Waals surface area (Å²) in [5, 5.41) is 10.8. The van der Waals surface area contributed by atoms with Gasteiger partial charge in [0.1, 0.15) is 5.75 Å². The van der Waals surface area contributed by atoms with E-state index in [2.05, 4.69) is 21.5 Å². The molecule has 0 aliphatic rings. The summed E-state index contributed by atoms with van der Waals surface area (Å²) in [5.41, 5.74) is 2.66. The van der Waals surface area contributed by atoms with Crippen LogP contribution in [-0.2, 0) is 4.79 Å². The third-order valence-electron chi connectivity index (χ3n) is 4.44. The van der Waals surface area contributed by atoms with Gasteiger partial charge in [-0.05, 0) is 37.3 Å². The molecule has 2 aromatic carbocycles. The minimum Gasteiger partial charge on any atom is -0.497 e. The molecule has 30 heavy (non-hydrogen) atoms. The molecule has 0 saturated carbocycles. The number of hydrogen-bond donors (Lipinski definition) is 1. The highest BCUT2D eigenvalue weighted by Gasteiger charge is 2.22. The van der Waals surface area contributed by atoms with E-state index in [0.717, 1.165) is 0 Å². The monoisotopic (exact) mass is 403 g/mol. The predicted molar refractivity (Wildman–Crippen MR) is 113 cm³/mol. The Morgan fingerprint density at radius 2 is 2.00 bits per heavy atom. The molecule has 0 spiro atoms. The Morgan fingerprint density at radius 1 is 1.23 bits per heavy atom. The van der Waals surface area contributed by atoms with E-state index in [4.69, 9.17) is 11.2 Å². The number of carbonyl (C=O) groups is 2. The Balaban J connectivity index is 1.71. The zero-order chi connectivity index (χ0) is 21.7. The molecule has 3 rings (SSSR count). The Morgan fingerprint density at radius 3 is 2.73 bits per heavy atom. The zero-order valence-corrected chi connectivity index (χ0v) is 16.9. The molecule has 0 atom stereocenters. The van der Waals surface area contributed by atoms with Gasteiger partial charge in [-0.1, -0.05) is 23.3 Å². The molecule has 1 aromatic heterocycles. The second kappa shape index (κ2) is 8.92. The molecule has 0 saturated heterocycles. The van der Waals surface area contributed by atoms with Crippen molar-refractivity contribution in [1.29, 1.82) is 0 Å². The van der Waals surface area contributed by atoms with Crippen molar-refractivity contribution in [2.24, 2.45) is 0 Å². The number of rotatable bonds is 6. The number of anilines is 1. The minimum atomic E-state index is -0.408. The second-order valence-corrected chi connectivity index (χ2v) is 6.57. The van der Waals surface area contributed by atoms with Crippen molar-refractivity contribution in [3.8, 4) is 23.8 Å². The quantitative estimate of drug-likeness (QED) is 0.638. The molecule has 0 fully saturated rings. The highest BCUT2D eigenvalue weighted by molar-refractivity contribution is 5.98. The summed E-state index contributed by atoms with van der Waals surface area (Å²) in [6.07, 6.45) is 5.37. The summed E-state index contributed by atoms with van der Waals surface area (Å²) >= 11 is 0. The van der Waals surface area contributed by atoms with Crippen LogP contribution >= 0.6 is 0 Å². The molecule has 8 nitrogen and oxygen atoms in total. The molecule has 0 aliphatic carbocycles. The Labute approximate surface area is 174 Å². The number of nitrogens with zero attached hydrogens (tertiary/aromatic N) is 4. The van der Waals surface area contributed by atoms with Gasteiger partial charge in [-0.25, -0.2) is 4.68 Å². The second-order valence-electron chi connectivity index (χ2n) is 6.57. The van der Waals surface area contributed by atoms with Gasteiger partial charge in [-0.2, -0.15) is 0 Å². The van der Waals surface area contributed by atoms with E-state index in [0.29, 0.717) is 28.4 Å². The van der Waals surface area contributed by atoms with Crippen LogP contribution in [0.5, 0.6) is 5.75 Å². The van der Waals surface area contributed by atoms with Gasteiger partial charge in [0.2, 0.25) is 5.91 Å². The van der Waals surface area contributed by atoms with Gasteiger partial charge in [0.15, 0.2) is 5.69 Å². The molecule has 0 unspecified atom stereocenters. The van der Waals surface area contributed by atoms with Gasteiger partial charge in [0.25, 0.3) is 5.91 Å². The SMILES string of the molecule is C#Cc1cccc(NC(=O)CN(C)C(=O)c2nnn(-c3cccc(OC)c3)c2C)c1. The fraction of sp³-hybridized carbons (Fsp3) is 0.182. The maximum absolute atomic E-state index is 12.8. The number of hydrogen-bond acceptors (Lipinski definition) is 5. The third-order valence-corrected chi connectivity index (χ3v) is 4.44. The van der Waals surface area contributed by atoms with Gasteiger partial charge < -0.3 is 15.0 Å². The van der Waals surface area contributed by atoms with E-state index in [1.54, 1.807) is 49.0 Å². The normalized spacial score (nSPS) is 10.2. The maximum atomic E-state index is 12.8. The molecule has 2 amide bonds. The van der Waals surface area contributed by atoms with Gasteiger partial charge in [-0.15, -0.1) is 11.5 Å². The van der Waals surface area contributed by atoms with Gasteiger partial charge in [0, 0.05) is 24.4 Å². The van der Waals surface area contributed by atoms with Crippen LogP contribution in [-0.4, -0.2) is 52.4 Å². The number of aromatic nitrogens is 3. The van der Waals surface area contributed by atoms with Crippen LogP contribution in [0.4, 0.5) is 5.69 Å². The zero-order valence-electron chi connectivity index (χ0n) is 16.9. The number of terminal acetylenes is 1. The smallest absolute Gasteiger partial charge is 0.276 e. The van der Waals surface area contributed by atoms with Crippen LogP contribution in [0, 0.1) is 19.3 Å². The Hall–Kier alpha value is -4.12. The van der Waals surface area contributed by atoms with Gasteiger partial charge >= 0.3 is 0 Å². The molecule has 1 heterocycles. The lowest BCUT2D eigenvalue weighted by molar-refractivity contribution is -0.116. The highest BCUT2D eigenvalue weighted by Crippen LogP contribution is 2.18. The summed E-state index contributed by atoms with van der Waals surface area (Å²) in [6.45, 7) is 1.59. The first-order valence-corrected chi connectivity index (χ1v) is 9.11. The van der Waals surface area contributed by atoms with E-state index >= 15 is 0 Å². The fourth-order valence-electron chi connectivity index (χ4n) is 2.87. The summed E-state index contributed by atoms with van der Waals surface area (Å²) in [6, 6.07) is 14.2. The first-order chi connectivity index (χ1) is 14.4. The molecule has 0 radical (unpaired) electrons. The van der Waals surface area contributed by atoms with Crippen molar-refractivity contribution in [1.82, 2.24) is 19.9 Å². The van der Waals surface area contributed by atoms with Crippen molar-refractivity contribution >= 4 is 17.5 Å². The molecule has 0 aliphatic heterocycles. The molecular formula is C22H21N5O3. The summed E-state index contributed by atoms with van der Waals surface area (Å²) in [7, 11) is 3.11. The molecule has 3 aromatic rings. The number of benzene rings is 2. The van der Waals surface area contributed by atoms with E-state index in [-0.39, 0.29) is 18.1 Å². The standard InChI is InChI=1S/C22H21N5O3/c1-5-16-8-6-9-17(12-16)23-20(28)14-26(3)22(29)21-15(2)27(25-24-21)18-10-7-11-19(13-18)30-4/h1,6-13H,14H2,2-4H3,(H,23,28). The predicted octanol–water partition coefficient (Wildman–Crippen LogP) is 2.28. The molecule has 8 heteroatoms. The number of methoxy groups -OCH3 is 1. The van der Waals surface area contributed by atoms with Crippen molar-refractivity contribution in [3.05, 3.63) is 65.5 Å². The van der Waals surface area contributed by atoms with Crippen LogP contribution < -0.4 is 10.1 Å². The van der Waals surface area contributed by atoms with Crippen LogP contribution in [0.1, 0.15) is 21.7 Å². The fourth-order valence-corrected chi connectivity index (χ4v) is 2.87. The lowest BCUT2D eigenvalue weighted by Crippen LogP contribution is -2.35. The number of carbonyl (C=O) groups excluding carboxylic acids is 2. The summed E-state index contributed by atoms with van der Waals surface area (Å²) in [5.74, 6) is 2.42. The van der Waals surface area contributed by atoms with Crippen LogP contribution in [0.15, 0.2) is 48.5 Å². The van der Waals surface area contributed by atoms with E-state index in [1.165, 1.54) is 11.9 Å². The highest BCUT2D eigenvalue weighted by atomic mass is 16.5. The van der Waals surface area contributed by atoms with E-state index in [1.807, 2.05) is 18.2 Å². The van der Waals surface area contributed by atoms with Gasteiger partial charge in [0.05, 0.1) is 25.0 Å². The molecule has 152 valence electrons. The summed E-state index contributed by atoms with van der Waals surface area (Å²) in [4.78, 5) is 26.4. The number of ether oxygens (including phenoxy) is 1. The first-order valence-electron chi connectivity index (χ1n) is 9.11. The van der Waals surface area contributed by atoms with Crippen LogP contribution in [0.2, 0.25) is 0 Å². The number of nitrogens with one attached hydrogen (secondary N) is 1. The number of likely N-dealkylation sites (N-methyl/N-ethyl adjacent to an activating group) is 1. The summed E-state index contributed by atoms with van der Waals surface area (Å²) < 4.78 is 6.77. The van der Waals surface area contributed by atoms with Crippen molar-refractivity contribution in [2.45, 2.75) is 6.92 Å². The Bertz CT molecular complexity index is 1130. The third kappa shape index (κ3) is 4.47. The minimum absolute atomic E-state index is 0.148. The van der Waals surface area contributed by atoms with Crippen molar-refractivity contribution in [2.75, 3.05) is 26.0 Å². The van der Waals surface area contributed by atoms with Crippen LogP contribution in [0.25, 0.3) is 5.69 Å². The topological polar surface area (TPSA) is 89.4 Å². The molecular weight excluding hydrogens is 382 g/mol. The van der Waals surface area contributed by atoms with Crippen molar-refractivity contribution < 1.29 is 14.3 Å². The lowest BCUT2D eigenvalue weighted by Gasteiger charge is -2.16. The first kappa shape index (κ1) is 20.6. The van der Waals surface area contributed by atoms with E-state index in [9.17, 15) is 9.59 Å². The molecule has 1 N–H and O–H groups in total.